The third kappa shape index (κ3) is 4.54. The molecule has 1 aromatic carbocycles. The van der Waals surface area contributed by atoms with Gasteiger partial charge in [-0.05, 0) is 12.0 Å². The summed E-state index contributed by atoms with van der Waals surface area (Å²) in [6.45, 7) is 0.604. The number of carboxylic acid groups (broad SMARTS) is 1. The first-order chi connectivity index (χ1) is 7.72. The lowest BCUT2D eigenvalue weighted by atomic mass is 10.1. The van der Waals surface area contributed by atoms with Gasteiger partial charge in [-0.25, -0.2) is 0 Å². The van der Waals surface area contributed by atoms with Crippen LogP contribution < -0.4 is 0 Å². The number of carboxylic acids is 1. The van der Waals surface area contributed by atoms with Gasteiger partial charge in [0, 0.05) is 13.1 Å². The summed E-state index contributed by atoms with van der Waals surface area (Å²) in [7, 11) is 0. The first kappa shape index (κ1) is 12.2. The summed E-state index contributed by atoms with van der Waals surface area (Å²) < 4.78 is 0. The van der Waals surface area contributed by atoms with Crippen LogP contribution in [0.25, 0.3) is 0 Å². The van der Waals surface area contributed by atoms with Gasteiger partial charge >= 0.3 is 5.97 Å². The van der Waals surface area contributed by atoms with E-state index < -0.39 is 5.97 Å². The fraction of sp³-hybridized carbons (Fsp3) is 0.364. The van der Waals surface area contributed by atoms with Crippen LogP contribution >= 0.6 is 0 Å². The van der Waals surface area contributed by atoms with Gasteiger partial charge in [0.1, 0.15) is 0 Å². The molecule has 1 aromatic rings. The highest BCUT2D eigenvalue weighted by molar-refractivity contribution is 5.66. The smallest absolute Gasteiger partial charge is 0.305 e. The second kappa shape index (κ2) is 6.55. The number of carbonyl (C=O) groups is 1. The maximum atomic E-state index is 10.4. The van der Waals surface area contributed by atoms with Crippen LogP contribution in [0.4, 0.5) is 0 Å². The fourth-order valence-electron chi connectivity index (χ4n) is 1.32. The van der Waals surface area contributed by atoms with Crippen molar-refractivity contribution in [2.75, 3.05) is 13.1 Å². The Morgan fingerprint density at radius 1 is 1.25 bits per heavy atom. The molecule has 0 aliphatic carbocycles. The van der Waals surface area contributed by atoms with Crippen molar-refractivity contribution < 1.29 is 9.90 Å². The van der Waals surface area contributed by atoms with Crippen LogP contribution in [0.1, 0.15) is 12.0 Å². The summed E-state index contributed by atoms with van der Waals surface area (Å²) >= 11 is 0. The van der Waals surface area contributed by atoms with Crippen LogP contribution in [0.15, 0.2) is 35.6 Å². The molecule has 1 N–H and O–H groups in total. The molecule has 0 atom stereocenters. The average Bonchev–Trinajstić information content (AvgIpc) is 2.30. The first-order valence-electron chi connectivity index (χ1n) is 5.06. The van der Waals surface area contributed by atoms with Crippen molar-refractivity contribution in [3.63, 3.8) is 0 Å². The summed E-state index contributed by atoms with van der Waals surface area (Å²) in [5.74, 6) is -0.923. The number of nitroso groups, excluding NO2 is 1. The second-order valence-electron chi connectivity index (χ2n) is 3.41. The van der Waals surface area contributed by atoms with Gasteiger partial charge in [0.05, 0.1) is 11.7 Å². The Bertz CT molecular complexity index is 340. The minimum atomic E-state index is -0.923. The Labute approximate surface area is 93.6 Å². The average molecular weight is 222 g/mol. The molecule has 0 aliphatic rings. The number of aliphatic carboxylic acids is 1. The molecule has 0 unspecified atom stereocenters. The molecule has 0 spiro atoms. The Morgan fingerprint density at radius 2 is 1.94 bits per heavy atom. The van der Waals surface area contributed by atoms with E-state index in [2.05, 4.69) is 5.29 Å². The van der Waals surface area contributed by atoms with Gasteiger partial charge in [-0.2, -0.15) is 0 Å². The van der Waals surface area contributed by atoms with Gasteiger partial charge < -0.3 is 5.11 Å². The topological polar surface area (TPSA) is 70.0 Å². The number of rotatable bonds is 7. The van der Waals surface area contributed by atoms with Crippen LogP contribution in [0.3, 0.4) is 0 Å². The number of nitrogens with zero attached hydrogens (tertiary/aromatic N) is 2. The molecular formula is C11H14N2O3. The molecule has 5 nitrogen and oxygen atoms in total. The van der Waals surface area contributed by atoms with E-state index in [0.717, 1.165) is 5.56 Å². The Morgan fingerprint density at radius 3 is 2.50 bits per heavy atom. The van der Waals surface area contributed by atoms with Crippen molar-refractivity contribution in [3.8, 4) is 0 Å². The van der Waals surface area contributed by atoms with E-state index in [4.69, 9.17) is 5.11 Å². The zero-order valence-corrected chi connectivity index (χ0v) is 8.87. The highest BCUT2D eigenvalue weighted by Crippen LogP contribution is 2.02. The van der Waals surface area contributed by atoms with Crippen LogP contribution in [0.2, 0.25) is 0 Å². The minimum Gasteiger partial charge on any atom is -0.481 e. The highest BCUT2D eigenvalue weighted by atomic mass is 16.4. The van der Waals surface area contributed by atoms with E-state index in [1.54, 1.807) is 0 Å². The third-order valence-corrected chi connectivity index (χ3v) is 2.20. The molecule has 0 bridgehead atoms. The molecule has 0 aliphatic heterocycles. The van der Waals surface area contributed by atoms with Gasteiger partial charge in [0.15, 0.2) is 0 Å². The van der Waals surface area contributed by atoms with Gasteiger partial charge in [-0.15, -0.1) is 4.91 Å². The summed E-state index contributed by atoms with van der Waals surface area (Å²) in [6.07, 6.45) is 0.618. The van der Waals surface area contributed by atoms with E-state index in [1.165, 1.54) is 5.01 Å². The van der Waals surface area contributed by atoms with Crippen molar-refractivity contribution in [1.82, 2.24) is 5.01 Å². The monoisotopic (exact) mass is 222 g/mol. The molecule has 0 saturated heterocycles. The molecule has 0 saturated carbocycles. The van der Waals surface area contributed by atoms with Crippen molar-refractivity contribution in [2.45, 2.75) is 12.8 Å². The maximum absolute atomic E-state index is 10.4. The van der Waals surface area contributed by atoms with Crippen molar-refractivity contribution in [1.29, 1.82) is 0 Å². The second-order valence-corrected chi connectivity index (χ2v) is 3.41. The van der Waals surface area contributed by atoms with Gasteiger partial charge in [0.25, 0.3) is 0 Å². The minimum absolute atomic E-state index is 0.0689. The molecule has 1 rings (SSSR count). The molecule has 16 heavy (non-hydrogen) atoms. The van der Waals surface area contributed by atoms with Gasteiger partial charge in [0.2, 0.25) is 0 Å². The number of hydrogen-bond donors (Lipinski definition) is 1. The molecule has 0 heterocycles. The van der Waals surface area contributed by atoms with Gasteiger partial charge in [-0.3, -0.25) is 9.80 Å². The van der Waals surface area contributed by atoms with Gasteiger partial charge in [-0.1, -0.05) is 30.3 Å². The van der Waals surface area contributed by atoms with E-state index in [0.29, 0.717) is 13.0 Å². The number of hydrogen-bond acceptors (Lipinski definition) is 3. The van der Waals surface area contributed by atoms with Crippen LogP contribution in [-0.2, 0) is 11.2 Å². The van der Waals surface area contributed by atoms with E-state index >= 15 is 0 Å². The summed E-state index contributed by atoms with van der Waals surface area (Å²) in [5, 5.41) is 12.5. The van der Waals surface area contributed by atoms with Crippen molar-refractivity contribution in [2.24, 2.45) is 5.29 Å². The molecule has 0 amide bonds. The highest BCUT2D eigenvalue weighted by Gasteiger charge is 2.06. The zero-order chi connectivity index (χ0) is 11.8. The quantitative estimate of drug-likeness (QED) is 0.563. The molecule has 0 radical (unpaired) electrons. The molecular weight excluding hydrogens is 208 g/mol. The van der Waals surface area contributed by atoms with Crippen LogP contribution in [0, 0.1) is 4.91 Å². The maximum Gasteiger partial charge on any atom is 0.305 e. The van der Waals surface area contributed by atoms with Crippen LogP contribution in [0.5, 0.6) is 0 Å². The summed E-state index contributed by atoms with van der Waals surface area (Å²) in [6, 6.07) is 9.68. The predicted octanol–water partition coefficient (Wildman–Crippen LogP) is 1.69. The Kier molecular flexibility index (Phi) is 4.98. The molecule has 86 valence electrons. The normalized spacial score (nSPS) is 9.75. The number of benzene rings is 1. The fourth-order valence-corrected chi connectivity index (χ4v) is 1.32. The molecule has 5 heteroatoms. The SMILES string of the molecule is O=NN(CCC(=O)O)CCc1ccccc1. The lowest BCUT2D eigenvalue weighted by Crippen LogP contribution is -2.22. The summed E-state index contributed by atoms with van der Waals surface area (Å²) in [5.41, 5.74) is 1.10. The molecule has 0 aromatic heterocycles. The first-order valence-corrected chi connectivity index (χ1v) is 5.06. The van der Waals surface area contributed by atoms with E-state index in [-0.39, 0.29) is 13.0 Å². The lowest BCUT2D eigenvalue weighted by molar-refractivity contribution is -0.137. The van der Waals surface area contributed by atoms with E-state index in [9.17, 15) is 9.70 Å². The third-order valence-electron chi connectivity index (χ3n) is 2.20. The molecule has 0 fully saturated rings. The van der Waals surface area contributed by atoms with E-state index in [1.807, 2.05) is 30.3 Å². The lowest BCUT2D eigenvalue weighted by Gasteiger charge is -2.13. The standard InChI is InChI=1S/C11H14N2O3/c14-11(15)7-9-13(12-16)8-6-10-4-2-1-3-5-10/h1-5H,6-9H2,(H,14,15). The predicted molar refractivity (Wildman–Crippen MR) is 59.8 cm³/mol. The summed E-state index contributed by atoms with van der Waals surface area (Å²) in [4.78, 5) is 20.7. The van der Waals surface area contributed by atoms with Crippen molar-refractivity contribution >= 4 is 5.97 Å². The van der Waals surface area contributed by atoms with Crippen molar-refractivity contribution in [3.05, 3.63) is 40.8 Å². The zero-order valence-electron chi connectivity index (χ0n) is 8.87. The Hall–Kier alpha value is -1.91. The largest absolute Gasteiger partial charge is 0.481 e. The Balaban J connectivity index is 2.34. The van der Waals surface area contributed by atoms with Crippen LogP contribution in [-0.4, -0.2) is 29.2 Å².